The molecule has 0 heterocycles. The summed E-state index contributed by atoms with van der Waals surface area (Å²) in [5.74, 6) is -4.10. The number of alkyl halides is 3. The monoisotopic (exact) mass is 402 g/mol. The zero-order valence-corrected chi connectivity index (χ0v) is 16.2. The van der Waals surface area contributed by atoms with Gasteiger partial charge < -0.3 is 15.3 Å². The standard InChI is InChI=1S/2C8H16O2.C2HF3O2/c2*1-2-3-4-5-6-7-8(9)10;3-2(4,5)1(6)7/h2*2-7H2,1H3,(H,9,10);(H,6,7). The summed E-state index contributed by atoms with van der Waals surface area (Å²) >= 11 is 0. The van der Waals surface area contributed by atoms with Crippen LogP contribution < -0.4 is 0 Å². The molecular weight excluding hydrogens is 369 g/mol. The predicted octanol–water partition coefficient (Wildman–Crippen LogP) is 5.50. The predicted molar refractivity (Wildman–Crippen MR) is 95.7 cm³/mol. The van der Waals surface area contributed by atoms with Crippen molar-refractivity contribution in [2.45, 2.75) is 97.1 Å². The molecule has 0 aromatic carbocycles. The molecule has 0 amide bonds. The third-order valence-electron chi connectivity index (χ3n) is 3.23. The van der Waals surface area contributed by atoms with Crippen LogP contribution in [0.25, 0.3) is 0 Å². The lowest BCUT2D eigenvalue weighted by Gasteiger charge is -1.95. The summed E-state index contributed by atoms with van der Waals surface area (Å²) in [5, 5.41) is 23.7. The Morgan fingerprint density at radius 1 is 0.630 bits per heavy atom. The van der Waals surface area contributed by atoms with Crippen LogP contribution in [-0.4, -0.2) is 39.4 Å². The number of carboxylic acid groups (broad SMARTS) is 3. The van der Waals surface area contributed by atoms with Crippen molar-refractivity contribution in [3.05, 3.63) is 0 Å². The number of hydrogen-bond acceptors (Lipinski definition) is 3. The molecule has 3 N–H and O–H groups in total. The van der Waals surface area contributed by atoms with Crippen LogP contribution >= 0.6 is 0 Å². The van der Waals surface area contributed by atoms with Gasteiger partial charge in [-0.05, 0) is 12.8 Å². The number of aliphatic carboxylic acids is 3. The van der Waals surface area contributed by atoms with E-state index in [2.05, 4.69) is 13.8 Å². The number of carbonyl (C=O) groups is 3. The summed E-state index contributed by atoms with van der Waals surface area (Å²) < 4.78 is 31.7. The largest absolute Gasteiger partial charge is 0.490 e. The van der Waals surface area contributed by atoms with Crippen LogP contribution in [0.3, 0.4) is 0 Å². The first-order valence-corrected chi connectivity index (χ1v) is 9.22. The van der Waals surface area contributed by atoms with Crippen LogP contribution in [0, 0.1) is 0 Å². The SMILES string of the molecule is CCCCCCCC(=O)O.CCCCCCCC(=O)O.O=C(O)C(F)(F)F. The Bertz CT molecular complexity index is 360. The Kier molecular flexibility index (Phi) is 22.7. The second kappa shape index (κ2) is 20.5. The number of unbranched alkanes of at least 4 members (excludes halogenated alkanes) is 8. The molecule has 0 fully saturated rings. The van der Waals surface area contributed by atoms with Crippen LogP contribution in [0.2, 0.25) is 0 Å². The molecule has 6 nitrogen and oxygen atoms in total. The highest BCUT2D eigenvalue weighted by Gasteiger charge is 2.38. The molecule has 0 unspecified atom stereocenters. The fraction of sp³-hybridized carbons (Fsp3) is 0.833. The van der Waals surface area contributed by atoms with Crippen LogP contribution in [0.15, 0.2) is 0 Å². The number of carboxylic acids is 3. The van der Waals surface area contributed by atoms with Crippen molar-refractivity contribution in [2.75, 3.05) is 0 Å². The molecule has 0 aliphatic heterocycles. The minimum Gasteiger partial charge on any atom is -0.481 e. The Balaban J connectivity index is -0.000000326. The van der Waals surface area contributed by atoms with Gasteiger partial charge >= 0.3 is 24.1 Å². The molecular formula is C18H33F3O6. The lowest BCUT2D eigenvalue weighted by molar-refractivity contribution is -0.192. The van der Waals surface area contributed by atoms with Crippen molar-refractivity contribution >= 4 is 17.9 Å². The molecule has 0 saturated carbocycles. The molecule has 0 atom stereocenters. The summed E-state index contributed by atoms with van der Waals surface area (Å²) in [6.07, 6.45) is 6.69. The Morgan fingerprint density at radius 3 is 1.07 bits per heavy atom. The van der Waals surface area contributed by atoms with Gasteiger partial charge in [0.15, 0.2) is 0 Å². The zero-order chi connectivity index (χ0) is 21.7. The minimum atomic E-state index is -5.08. The minimum absolute atomic E-state index is 0.337. The van der Waals surface area contributed by atoms with Gasteiger partial charge in [0.25, 0.3) is 0 Å². The highest BCUT2D eigenvalue weighted by atomic mass is 19.4. The van der Waals surface area contributed by atoms with E-state index in [0.29, 0.717) is 12.8 Å². The molecule has 9 heteroatoms. The molecule has 0 bridgehead atoms. The van der Waals surface area contributed by atoms with E-state index in [9.17, 15) is 22.8 Å². The molecule has 0 spiro atoms. The Labute approximate surface area is 158 Å². The summed E-state index contributed by atoms with van der Waals surface area (Å²) in [5.41, 5.74) is 0. The summed E-state index contributed by atoms with van der Waals surface area (Å²) in [6.45, 7) is 4.30. The maximum absolute atomic E-state index is 10.6. The number of hydrogen-bond donors (Lipinski definition) is 3. The third-order valence-corrected chi connectivity index (χ3v) is 3.23. The average Bonchev–Trinajstić information content (AvgIpc) is 2.54. The second-order valence-corrected chi connectivity index (χ2v) is 5.92. The van der Waals surface area contributed by atoms with E-state index >= 15 is 0 Å². The van der Waals surface area contributed by atoms with Crippen molar-refractivity contribution in [1.82, 2.24) is 0 Å². The van der Waals surface area contributed by atoms with Crippen molar-refractivity contribution in [3.63, 3.8) is 0 Å². The van der Waals surface area contributed by atoms with Gasteiger partial charge in [-0.15, -0.1) is 0 Å². The molecule has 0 aliphatic rings. The highest BCUT2D eigenvalue weighted by Crippen LogP contribution is 2.13. The first-order valence-electron chi connectivity index (χ1n) is 9.22. The highest BCUT2D eigenvalue weighted by molar-refractivity contribution is 5.73. The van der Waals surface area contributed by atoms with Crippen molar-refractivity contribution in [3.8, 4) is 0 Å². The van der Waals surface area contributed by atoms with Gasteiger partial charge in [0.1, 0.15) is 0 Å². The molecule has 0 aliphatic carbocycles. The average molecular weight is 402 g/mol. The maximum atomic E-state index is 10.6. The Morgan fingerprint density at radius 2 is 0.889 bits per heavy atom. The van der Waals surface area contributed by atoms with Crippen LogP contribution in [0.4, 0.5) is 13.2 Å². The second-order valence-electron chi connectivity index (χ2n) is 5.92. The molecule has 0 rings (SSSR count). The lowest BCUT2D eigenvalue weighted by atomic mass is 10.1. The van der Waals surface area contributed by atoms with E-state index in [0.717, 1.165) is 25.7 Å². The van der Waals surface area contributed by atoms with E-state index in [-0.39, 0.29) is 0 Å². The van der Waals surface area contributed by atoms with Gasteiger partial charge in [0, 0.05) is 12.8 Å². The lowest BCUT2D eigenvalue weighted by Crippen LogP contribution is -2.21. The van der Waals surface area contributed by atoms with E-state index in [1.165, 1.54) is 38.5 Å². The Hall–Kier alpha value is -1.80. The fourth-order valence-electron chi connectivity index (χ4n) is 1.76. The molecule has 162 valence electrons. The fourth-order valence-corrected chi connectivity index (χ4v) is 1.76. The van der Waals surface area contributed by atoms with Crippen LogP contribution in [-0.2, 0) is 14.4 Å². The number of rotatable bonds is 12. The quantitative estimate of drug-likeness (QED) is 0.372. The molecule has 27 heavy (non-hydrogen) atoms. The smallest absolute Gasteiger partial charge is 0.481 e. The van der Waals surface area contributed by atoms with E-state index in [4.69, 9.17) is 20.1 Å². The number of halogens is 3. The van der Waals surface area contributed by atoms with Gasteiger partial charge in [-0.3, -0.25) is 9.59 Å². The van der Waals surface area contributed by atoms with Gasteiger partial charge in [0.05, 0.1) is 0 Å². The van der Waals surface area contributed by atoms with E-state index in [1.807, 2.05) is 0 Å². The van der Waals surface area contributed by atoms with Gasteiger partial charge in [-0.25, -0.2) is 4.79 Å². The van der Waals surface area contributed by atoms with Gasteiger partial charge in [0.2, 0.25) is 0 Å². The third kappa shape index (κ3) is 36.0. The molecule has 0 aromatic heterocycles. The van der Waals surface area contributed by atoms with Crippen LogP contribution in [0.5, 0.6) is 0 Å². The van der Waals surface area contributed by atoms with Crippen molar-refractivity contribution < 1.29 is 42.9 Å². The normalized spacial score (nSPS) is 10.1. The zero-order valence-electron chi connectivity index (χ0n) is 16.2. The van der Waals surface area contributed by atoms with E-state index < -0.39 is 24.1 Å². The van der Waals surface area contributed by atoms with Crippen molar-refractivity contribution in [1.29, 1.82) is 0 Å². The summed E-state index contributed by atoms with van der Waals surface area (Å²) in [7, 11) is 0. The molecule has 0 radical (unpaired) electrons. The first-order chi connectivity index (χ1) is 12.5. The maximum Gasteiger partial charge on any atom is 0.490 e. The summed E-state index contributed by atoms with van der Waals surface area (Å²) in [4.78, 5) is 29.0. The molecule has 0 aromatic rings. The first kappa shape index (κ1) is 29.9. The summed E-state index contributed by atoms with van der Waals surface area (Å²) in [6, 6.07) is 0. The topological polar surface area (TPSA) is 112 Å². The molecule has 0 saturated heterocycles. The van der Waals surface area contributed by atoms with Crippen molar-refractivity contribution in [2.24, 2.45) is 0 Å². The van der Waals surface area contributed by atoms with Crippen LogP contribution in [0.1, 0.15) is 90.9 Å². The van der Waals surface area contributed by atoms with Gasteiger partial charge in [-0.1, -0.05) is 65.2 Å². The van der Waals surface area contributed by atoms with Gasteiger partial charge in [-0.2, -0.15) is 13.2 Å². The van der Waals surface area contributed by atoms with E-state index in [1.54, 1.807) is 0 Å².